The highest BCUT2D eigenvalue weighted by Gasteiger charge is 2.24. The second-order valence-electron chi connectivity index (χ2n) is 6.34. The largest absolute Gasteiger partial charge is 0.268 e. The van der Waals surface area contributed by atoms with E-state index in [1.165, 1.54) is 10.4 Å². The number of hydrogen-bond donors (Lipinski definition) is 0. The molecule has 0 saturated heterocycles. The maximum atomic E-state index is 13.4. The van der Waals surface area contributed by atoms with E-state index in [1.807, 2.05) is 30.3 Å². The van der Waals surface area contributed by atoms with Gasteiger partial charge in [0.25, 0.3) is 5.56 Å². The van der Waals surface area contributed by atoms with Crippen LogP contribution in [0.25, 0.3) is 15.9 Å². The van der Waals surface area contributed by atoms with E-state index in [0.29, 0.717) is 5.92 Å². The van der Waals surface area contributed by atoms with Crippen molar-refractivity contribution in [3.8, 4) is 5.69 Å². The van der Waals surface area contributed by atoms with Crippen molar-refractivity contribution in [3.63, 3.8) is 0 Å². The maximum absolute atomic E-state index is 13.4. The van der Waals surface area contributed by atoms with E-state index in [9.17, 15) is 4.79 Å². The molecule has 3 nitrogen and oxygen atoms in total. The van der Waals surface area contributed by atoms with Gasteiger partial charge >= 0.3 is 0 Å². The van der Waals surface area contributed by atoms with Crippen LogP contribution in [-0.2, 0) is 12.8 Å². The Balaban J connectivity index is 2.02. The van der Waals surface area contributed by atoms with Crippen LogP contribution in [0.15, 0.2) is 40.3 Å². The lowest BCUT2D eigenvalue weighted by molar-refractivity contribution is 0.509. The normalized spacial score (nSPS) is 17.2. The van der Waals surface area contributed by atoms with Crippen LogP contribution >= 0.6 is 23.1 Å². The van der Waals surface area contributed by atoms with Crippen LogP contribution in [0.1, 0.15) is 30.7 Å². The number of fused-ring (bicyclic) bond motifs is 3. The lowest BCUT2D eigenvalue weighted by Gasteiger charge is -2.17. The molecule has 1 aliphatic rings. The topological polar surface area (TPSA) is 34.9 Å². The molecule has 0 radical (unpaired) electrons. The molecule has 0 saturated carbocycles. The molecule has 24 heavy (non-hydrogen) atoms. The Morgan fingerprint density at radius 3 is 2.88 bits per heavy atom. The summed E-state index contributed by atoms with van der Waals surface area (Å²) in [6.45, 7) is 4.39. The summed E-state index contributed by atoms with van der Waals surface area (Å²) in [4.78, 5) is 20.5. The third-order valence-electron chi connectivity index (χ3n) is 4.59. The minimum absolute atomic E-state index is 0.0919. The van der Waals surface area contributed by atoms with Crippen LogP contribution in [0.2, 0.25) is 0 Å². The highest BCUT2D eigenvalue weighted by molar-refractivity contribution is 7.99. The van der Waals surface area contributed by atoms with Gasteiger partial charge in [0.05, 0.1) is 11.1 Å². The van der Waals surface area contributed by atoms with Crippen molar-refractivity contribution in [2.45, 2.75) is 38.3 Å². The van der Waals surface area contributed by atoms with Gasteiger partial charge in [-0.25, -0.2) is 4.98 Å². The standard InChI is InChI=1S/C19H20N2OS2/c1-3-23-19-20-17-16(14-10-9-12(2)11-15(14)24-17)18(22)21(19)13-7-5-4-6-8-13/h4-8,12H,3,9-11H2,1-2H3/t12-/m0/s1. The molecule has 0 bridgehead atoms. The molecule has 0 unspecified atom stereocenters. The van der Waals surface area contributed by atoms with Crippen molar-refractivity contribution < 1.29 is 0 Å². The van der Waals surface area contributed by atoms with E-state index in [4.69, 9.17) is 4.98 Å². The summed E-state index contributed by atoms with van der Waals surface area (Å²) in [6, 6.07) is 9.88. The zero-order valence-electron chi connectivity index (χ0n) is 13.9. The van der Waals surface area contributed by atoms with Crippen molar-refractivity contribution in [2.75, 3.05) is 5.75 Å². The van der Waals surface area contributed by atoms with Gasteiger partial charge in [-0.2, -0.15) is 0 Å². The fourth-order valence-electron chi connectivity index (χ4n) is 3.40. The summed E-state index contributed by atoms with van der Waals surface area (Å²) < 4.78 is 1.79. The molecule has 3 aromatic rings. The Morgan fingerprint density at radius 1 is 1.33 bits per heavy atom. The first-order valence-corrected chi connectivity index (χ1v) is 10.2. The number of thiophene rings is 1. The maximum Gasteiger partial charge on any atom is 0.267 e. The lowest BCUT2D eigenvalue weighted by Crippen LogP contribution is -2.22. The average Bonchev–Trinajstić information content (AvgIpc) is 2.93. The third kappa shape index (κ3) is 2.60. The highest BCUT2D eigenvalue weighted by atomic mass is 32.2. The first-order valence-electron chi connectivity index (χ1n) is 8.44. The van der Waals surface area contributed by atoms with Gasteiger partial charge in [-0.15, -0.1) is 11.3 Å². The van der Waals surface area contributed by atoms with E-state index < -0.39 is 0 Å². The second kappa shape index (κ2) is 6.37. The predicted molar refractivity (Wildman–Crippen MR) is 103 cm³/mol. The van der Waals surface area contributed by atoms with Gasteiger partial charge in [-0.3, -0.25) is 9.36 Å². The van der Waals surface area contributed by atoms with Crippen molar-refractivity contribution in [1.29, 1.82) is 0 Å². The Hall–Kier alpha value is -1.59. The molecule has 124 valence electrons. The smallest absolute Gasteiger partial charge is 0.267 e. The lowest BCUT2D eigenvalue weighted by atomic mass is 9.89. The monoisotopic (exact) mass is 356 g/mol. The molecule has 2 heterocycles. The van der Waals surface area contributed by atoms with Gasteiger partial charge < -0.3 is 0 Å². The Morgan fingerprint density at radius 2 is 2.12 bits per heavy atom. The zero-order chi connectivity index (χ0) is 16.7. The third-order valence-corrected chi connectivity index (χ3v) is 6.56. The first-order chi connectivity index (χ1) is 11.7. The van der Waals surface area contributed by atoms with E-state index in [-0.39, 0.29) is 5.56 Å². The number of thioether (sulfide) groups is 1. The fourth-order valence-corrected chi connectivity index (χ4v) is 5.56. The van der Waals surface area contributed by atoms with Crippen LogP contribution in [0, 0.1) is 5.92 Å². The Labute approximate surface area is 149 Å². The zero-order valence-corrected chi connectivity index (χ0v) is 15.5. The number of hydrogen-bond acceptors (Lipinski definition) is 4. The van der Waals surface area contributed by atoms with E-state index in [1.54, 1.807) is 27.7 Å². The predicted octanol–water partition coefficient (Wildman–Crippen LogP) is 4.68. The van der Waals surface area contributed by atoms with Gasteiger partial charge in [0.1, 0.15) is 4.83 Å². The minimum atomic E-state index is 0.0919. The van der Waals surface area contributed by atoms with E-state index in [0.717, 1.165) is 46.1 Å². The minimum Gasteiger partial charge on any atom is -0.268 e. The van der Waals surface area contributed by atoms with Crippen LogP contribution in [0.4, 0.5) is 0 Å². The van der Waals surface area contributed by atoms with Crippen LogP contribution < -0.4 is 5.56 Å². The molecule has 0 spiro atoms. The molecule has 1 atom stereocenters. The molecule has 0 fully saturated rings. The van der Waals surface area contributed by atoms with Crippen molar-refractivity contribution >= 4 is 33.3 Å². The van der Waals surface area contributed by atoms with Gasteiger partial charge in [0, 0.05) is 4.88 Å². The van der Waals surface area contributed by atoms with Crippen LogP contribution in [0.3, 0.4) is 0 Å². The highest BCUT2D eigenvalue weighted by Crippen LogP contribution is 2.36. The van der Waals surface area contributed by atoms with Crippen LogP contribution in [-0.4, -0.2) is 15.3 Å². The summed E-state index contributed by atoms with van der Waals surface area (Å²) in [6.07, 6.45) is 3.24. The Bertz CT molecular complexity index is 943. The number of benzene rings is 1. The molecule has 0 aliphatic heterocycles. The molecule has 1 aliphatic carbocycles. The Kier molecular flexibility index (Phi) is 4.22. The van der Waals surface area contributed by atoms with Gasteiger partial charge in [0.15, 0.2) is 5.16 Å². The summed E-state index contributed by atoms with van der Waals surface area (Å²) in [5.41, 5.74) is 2.24. The van der Waals surface area contributed by atoms with Crippen molar-refractivity contribution in [1.82, 2.24) is 9.55 Å². The first kappa shape index (κ1) is 15.9. The van der Waals surface area contributed by atoms with Gasteiger partial charge in [0.2, 0.25) is 0 Å². The van der Waals surface area contributed by atoms with Crippen LogP contribution in [0.5, 0.6) is 0 Å². The molecule has 0 N–H and O–H groups in total. The molecule has 4 rings (SSSR count). The van der Waals surface area contributed by atoms with Crippen molar-refractivity contribution in [2.24, 2.45) is 5.92 Å². The number of aromatic nitrogens is 2. The molecule has 0 amide bonds. The number of para-hydroxylation sites is 1. The molecular formula is C19H20N2OS2. The summed E-state index contributed by atoms with van der Waals surface area (Å²) in [7, 11) is 0. The number of rotatable bonds is 3. The SMILES string of the molecule is CCSc1nc2sc3c(c2c(=O)n1-c1ccccc1)CC[C@H](C)C3. The summed E-state index contributed by atoms with van der Waals surface area (Å²) >= 11 is 3.35. The van der Waals surface area contributed by atoms with Gasteiger partial charge in [-0.1, -0.05) is 43.8 Å². The molecular weight excluding hydrogens is 336 g/mol. The van der Waals surface area contributed by atoms with Crippen molar-refractivity contribution in [3.05, 3.63) is 51.1 Å². The van der Waals surface area contributed by atoms with E-state index >= 15 is 0 Å². The van der Waals surface area contributed by atoms with E-state index in [2.05, 4.69) is 13.8 Å². The summed E-state index contributed by atoms with van der Waals surface area (Å²) in [5.74, 6) is 1.60. The molecule has 5 heteroatoms. The second-order valence-corrected chi connectivity index (χ2v) is 8.65. The molecule has 1 aromatic carbocycles. The summed E-state index contributed by atoms with van der Waals surface area (Å²) in [5, 5.41) is 1.65. The number of nitrogens with zero attached hydrogens (tertiary/aromatic N) is 2. The quantitative estimate of drug-likeness (QED) is 0.505. The molecule has 2 aromatic heterocycles. The average molecular weight is 357 g/mol. The van der Waals surface area contributed by atoms with Gasteiger partial charge in [-0.05, 0) is 48.6 Å². The number of aryl methyl sites for hydroxylation is 1. The fraction of sp³-hybridized carbons (Fsp3) is 0.368.